The molecule has 1 aromatic heterocycles. The average Bonchev–Trinajstić information content (AvgIpc) is 2.75. The monoisotopic (exact) mass is 416 g/mol. The molecule has 9 heteroatoms. The minimum atomic E-state index is -1.56. The predicted molar refractivity (Wildman–Crippen MR) is 104 cm³/mol. The maximum Gasteiger partial charge on any atom is 0.229 e. The summed E-state index contributed by atoms with van der Waals surface area (Å²) in [5, 5.41) is 48.7. The summed E-state index contributed by atoms with van der Waals surface area (Å²) in [5.74, 6) is 0.270. The van der Waals surface area contributed by atoms with E-state index in [0.717, 1.165) is 0 Å². The first-order valence-electron chi connectivity index (χ1n) is 9.21. The number of hydrogen-bond donors (Lipinski definition) is 5. The Morgan fingerprint density at radius 1 is 0.967 bits per heavy atom. The smallest absolute Gasteiger partial charge is 0.229 e. The van der Waals surface area contributed by atoms with Crippen molar-refractivity contribution in [3.8, 4) is 22.6 Å². The molecule has 5 atom stereocenters. The Morgan fingerprint density at radius 2 is 1.70 bits per heavy atom. The zero-order chi connectivity index (χ0) is 21.4. The van der Waals surface area contributed by atoms with Gasteiger partial charge in [-0.1, -0.05) is 12.1 Å². The molecule has 3 aromatic rings. The van der Waals surface area contributed by atoms with Crippen molar-refractivity contribution in [2.24, 2.45) is 0 Å². The van der Waals surface area contributed by atoms with E-state index in [4.69, 9.17) is 13.9 Å². The summed E-state index contributed by atoms with van der Waals surface area (Å²) in [5.41, 5.74) is 0.862. The van der Waals surface area contributed by atoms with Gasteiger partial charge in [0.05, 0.1) is 17.6 Å². The highest BCUT2D eigenvalue weighted by molar-refractivity contribution is 5.82. The van der Waals surface area contributed by atoms with Gasteiger partial charge in [-0.25, -0.2) is 0 Å². The highest BCUT2D eigenvalue weighted by Crippen LogP contribution is 2.27. The summed E-state index contributed by atoms with van der Waals surface area (Å²) >= 11 is 0. The maximum atomic E-state index is 12.8. The van der Waals surface area contributed by atoms with Crippen LogP contribution in [0.3, 0.4) is 0 Å². The van der Waals surface area contributed by atoms with Crippen molar-refractivity contribution < 1.29 is 39.4 Å². The highest BCUT2D eigenvalue weighted by atomic mass is 16.7. The van der Waals surface area contributed by atoms with Crippen LogP contribution in [0.4, 0.5) is 0 Å². The van der Waals surface area contributed by atoms with Crippen LogP contribution in [0, 0.1) is 0 Å². The van der Waals surface area contributed by atoms with Gasteiger partial charge in [0.2, 0.25) is 6.29 Å². The molecule has 9 nitrogen and oxygen atoms in total. The van der Waals surface area contributed by atoms with E-state index in [0.29, 0.717) is 16.5 Å². The molecule has 1 aliphatic rings. The third-order valence-corrected chi connectivity index (χ3v) is 5.03. The first kappa shape index (κ1) is 20.3. The van der Waals surface area contributed by atoms with Crippen molar-refractivity contribution in [3.05, 3.63) is 59.0 Å². The fourth-order valence-corrected chi connectivity index (χ4v) is 3.32. The van der Waals surface area contributed by atoms with Gasteiger partial charge in [-0.3, -0.25) is 4.79 Å². The number of benzene rings is 2. The third-order valence-electron chi connectivity index (χ3n) is 5.03. The van der Waals surface area contributed by atoms with E-state index in [2.05, 4.69) is 0 Å². The van der Waals surface area contributed by atoms with Crippen LogP contribution >= 0.6 is 0 Å². The summed E-state index contributed by atoms with van der Waals surface area (Å²) in [6.07, 6.45) is -5.75. The molecule has 1 saturated heterocycles. The van der Waals surface area contributed by atoms with E-state index in [9.17, 15) is 30.3 Å². The van der Waals surface area contributed by atoms with Crippen molar-refractivity contribution in [1.82, 2.24) is 0 Å². The van der Waals surface area contributed by atoms with E-state index in [-0.39, 0.29) is 22.5 Å². The zero-order valence-electron chi connectivity index (χ0n) is 15.6. The summed E-state index contributed by atoms with van der Waals surface area (Å²) in [6.45, 7) is -0.572. The summed E-state index contributed by atoms with van der Waals surface area (Å²) in [6, 6.07) is 10.5. The van der Waals surface area contributed by atoms with Gasteiger partial charge in [0.15, 0.2) is 5.43 Å². The van der Waals surface area contributed by atoms with Gasteiger partial charge >= 0.3 is 0 Å². The molecule has 1 aliphatic heterocycles. The van der Waals surface area contributed by atoms with Crippen LogP contribution in [-0.2, 0) is 4.74 Å². The fraction of sp³-hybridized carbons (Fsp3) is 0.286. The Morgan fingerprint density at radius 3 is 2.40 bits per heavy atom. The minimum absolute atomic E-state index is 0.0823. The molecule has 0 spiro atoms. The number of phenols is 1. The second-order valence-corrected chi connectivity index (χ2v) is 7.00. The van der Waals surface area contributed by atoms with Gasteiger partial charge in [-0.05, 0) is 29.8 Å². The van der Waals surface area contributed by atoms with Crippen LogP contribution in [0.15, 0.2) is 57.9 Å². The molecule has 1 fully saturated rings. The van der Waals surface area contributed by atoms with Gasteiger partial charge in [0, 0.05) is 6.07 Å². The SMILES string of the molecule is O=c1c(-c2ccc(O)cc2)coc2cc(O[C@H]3O[C@H](CO)[C@@H](O)[C@H](O)[C@H]3O)ccc12. The molecule has 158 valence electrons. The number of aliphatic hydroxyl groups excluding tert-OH is 4. The van der Waals surface area contributed by atoms with E-state index in [1.165, 1.54) is 36.6 Å². The molecule has 0 aliphatic carbocycles. The number of phenolic OH excluding ortho intramolecular Hbond substituents is 1. The normalized spacial score (nSPS) is 26.6. The Labute approximate surface area is 170 Å². The Kier molecular flexibility index (Phi) is 5.46. The zero-order valence-corrected chi connectivity index (χ0v) is 15.6. The van der Waals surface area contributed by atoms with Gasteiger partial charge < -0.3 is 39.4 Å². The van der Waals surface area contributed by atoms with Crippen LogP contribution < -0.4 is 10.2 Å². The van der Waals surface area contributed by atoms with Crippen LogP contribution in [0.5, 0.6) is 11.5 Å². The lowest BCUT2D eigenvalue weighted by Gasteiger charge is -2.39. The van der Waals surface area contributed by atoms with Crippen LogP contribution in [0.1, 0.15) is 0 Å². The Bertz CT molecular complexity index is 1090. The van der Waals surface area contributed by atoms with E-state index in [1.54, 1.807) is 12.1 Å². The molecule has 4 rings (SSSR count). The average molecular weight is 416 g/mol. The standard InChI is InChI=1S/C21H20O9/c22-8-16-18(25)19(26)20(27)21(30-16)29-12-5-6-13-15(7-12)28-9-14(17(13)24)10-1-3-11(23)4-2-10/h1-7,9,16,18-23,25-27H,8H2/t16-,18-,19+,20-,21+/m1/s1. The molecule has 5 N–H and O–H groups in total. The molecular formula is C21H20O9. The molecule has 0 amide bonds. The predicted octanol–water partition coefficient (Wildman–Crippen LogP) is 0.344. The maximum absolute atomic E-state index is 12.8. The Balaban J connectivity index is 1.62. The van der Waals surface area contributed by atoms with E-state index >= 15 is 0 Å². The molecule has 30 heavy (non-hydrogen) atoms. The summed E-state index contributed by atoms with van der Waals surface area (Å²) < 4.78 is 16.4. The summed E-state index contributed by atoms with van der Waals surface area (Å²) in [7, 11) is 0. The number of ether oxygens (including phenoxy) is 2. The fourth-order valence-electron chi connectivity index (χ4n) is 3.32. The molecule has 0 unspecified atom stereocenters. The number of aromatic hydroxyl groups is 1. The first-order chi connectivity index (χ1) is 14.4. The van der Waals surface area contributed by atoms with Gasteiger partial charge in [0.25, 0.3) is 0 Å². The van der Waals surface area contributed by atoms with Gasteiger partial charge in [0.1, 0.15) is 47.8 Å². The minimum Gasteiger partial charge on any atom is -0.508 e. The number of aliphatic hydroxyl groups is 4. The lowest BCUT2D eigenvalue weighted by atomic mass is 9.99. The second-order valence-electron chi connectivity index (χ2n) is 7.00. The molecule has 0 saturated carbocycles. The van der Waals surface area contributed by atoms with Crippen LogP contribution in [0.2, 0.25) is 0 Å². The van der Waals surface area contributed by atoms with Crippen molar-refractivity contribution in [2.75, 3.05) is 6.61 Å². The number of rotatable bonds is 4. The van der Waals surface area contributed by atoms with Crippen LogP contribution in [-0.4, -0.2) is 62.8 Å². The van der Waals surface area contributed by atoms with E-state index < -0.39 is 37.3 Å². The molecule has 0 bridgehead atoms. The highest BCUT2D eigenvalue weighted by Gasteiger charge is 2.44. The molecule has 2 aromatic carbocycles. The van der Waals surface area contributed by atoms with Crippen molar-refractivity contribution in [3.63, 3.8) is 0 Å². The molecule has 2 heterocycles. The molecule has 0 radical (unpaired) electrons. The van der Waals surface area contributed by atoms with E-state index in [1.807, 2.05) is 0 Å². The molecular weight excluding hydrogens is 396 g/mol. The lowest BCUT2D eigenvalue weighted by Crippen LogP contribution is -2.60. The van der Waals surface area contributed by atoms with Gasteiger partial charge in [-0.15, -0.1) is 0 Å². The largest absolute Gasteiger partial charge is 0.508 e. The quantitative estimate of drug-likeness (QED) is 0.406. The van der Waals surface area contributed by atoms with Crippen molar-refractivity contribution in [1.29, 1.82) is 0 Å². The Hall–Kier alpha value is -2.95. The van der Waals surface area contributed by atoms with Gasteiger partial charge in [-0.2, -0.15) is 0 Å². The van der Waals surface area contributed by atoms with Crippen molar-refractivity contribution in [2.45, 2.75) is 30.7 Å². The topological polar surface area (TPSA) is 150 Å². The third kappa shape index (κ3) is 3.64. The lowest BCUT2D eigenvalue weighted by molar-refractivity contribution is -0.277. The first-order valence-corrected chi connectivity index (χ1v) is 9.21. The number of hydrogen-bond acceptors (Lipinski definition) is 9. The number of fused-ring (bicyclic) bond motifs is 1. The van der Waals surface area contributed by atoms with Crippen LogP contribution in [0.25, 0.3) is 22.1 Å². The summed E-state index contributed by atoms with van der Waals surface area (Å²) in [4.78, 5) is 12.8. The van der Waals surface area contributed by atoms with Crippen molar-refractivity contribution >= 4 is 11.0 Å². The second kappa shape index (κ2) is 8.05.